The smallest absolute Gasteiger partial charge is 0.418 e. The number of unbranched alkanes of at least 4 members (excludes halogenated alkanes) is 5. The SMILES string of the molecule is CCCCCCOCOC(=O)NC(=O)OCOCCCCC. The maximum absolute atomic E-state index is 11.2. The Morgan fingerprint density at radius 1 is 0.727 bits per heavy atom. The molecule has 2 amide bonds. The van der Waals surface area contributed by atoms with E-state index in [-0.39, 0.29) is 13.6 Å². The van der Waals surface area contributed by atoms with Crippen molar-refractivity contribution < 1.29 is 28.5 Å². The van der Waals surface area contributed by atoms with Gasteiger partial charge in [0.25, 0.3) is 0 Å². The van der Waals surface area contributed by atoms with E-state index in [2.05, 4.69) is 23.3 Å². The molecule has 0 saturated heterocycles. The zero-order valence-corrected chi connectivity index (χ0v) is 13.7. The molecular formula is C15H29NO6. The molecule has 7 nitrogen and oxygen atoms in total. The molecule has 0 spiro atoms. The molecule has 0 radical (unpaired) electrons. The van der Waals surface area contributed by atoms with Crippen LogP contribution in [-0.2, 0) is 18.9 Å². The summed E-state index contributed by atoms with van der Waals surface area (Å²) in [7, 11) is 0. The van der Waals surface area contributed by atoms with Crippen molar-refractivity contribution in [2.45, 2.75) is 58.8 Å². The van der Waals surface area contributed by atoms with Gasteiger partial charge in [0.05, 0.1) is 13.2 Å². The molecule has 0 fully saturated rings. The van der Waals surface area contributed by atoms with Crippen LogP contribution in [-0.4, -0.2) is 39.0 Å². The predicted octanol–water partition coefficient (Wildman–Crippen LogP) is 3.57. The van der Waals surface area contributed by atoms with Gasteiger partial charge in [-0.15, -0.1) is 0 Å². The normalized spacial score (nSPS) is 10.3. The summed E-state index contributed by atoms with van der Waals surface area (Å²) < 4.78 is 19.5. The van der Waals surface area contributed by atoms with Crippen molar-refractivity contribution >= 4 is 12.2 Å². The Labute approximate surface area is 132 Å². The van der Waals surface area contributed by atoms with Gasteiger partial charge >= 0.3 is 12.2 Å². The van der Waals surface area contributed by atoms with E-state index >= 15 is 0 Å². The van der Waals surface area contributed by atoms with Gasteiger partial charge in [-0.05, 0) is 12.8 Å². The maximum atomic E-state index is 11.2. The van der Waals surface area contributed by atoms with Crippen molar-refractivity contribution in [2.24, 2.45) is 0 Å². The Bertz CT molecular complexity index is 285. The number of hydrogen-bond acceptors (Lipinski definition) is 6. The average Bonchev–Trinajstić information content (AvgIpc) is 2.50. The number of alkyl carbamates (subject to hydrolysis) is 2. The Kier molecular flexibility index (Phi) is 15.1. The second-order valence-electron chi connectivity index (χ2n) is 4.81. The largest absolute Gasteiger partial charge is 0.422 e. The van der Waals surface area contributed by atoms with Crippen molar-refractivity contribution in [3.8, 4) is 0 Å². The van der Waals surface area contributed by atoms with E-state index < -0.39 is 12.2 Å². The summed E-state index contributed by atoms with van der Waals surface area (Å²) in [6, 6.07) is 0. The van der Waals surface area contributed by atoms with Crippen molar-refractivity contribution in [2.75, 3.05) is 26.8 Å². The molecule has 0 saturated carbocycles. The summed E-state index contributed by atoms with van der Waals surface area (Å²) in [6.45, 7) is 4.91. The van der Waals surface area contributed by atoms with Crippen LogP contribution >= 0.6 is 0 Å². The Morgan fingerprint density at radius 2 is 1.18 bits per heavy atom. The molecule has 0 rings (SSSR count). The number of nitrogens with one attached hydrogen (secondary N) is 1. The second-order valence-corrected chi connectivity index (χ2v) is 4.81. The molecule has 0 atom stereocenters. The molecular weight excluding hydrogens is 290 g/mol. The minimum absolute atomic E-state index is 0.182. The van der Waals surface area contributed by atoms with E-state index in [0.29, 0.717) is 13.2 Å². The number of ether oxygens (including phenoxy) is 4. The van der Waals surface area contributed by atoms with Crippen LogP contribution in [0.5, 0.6) is 0 Å². The van der Waals surface area contributed by atoms with E-state index in [1.165, 1.54) is 0 Å². The summed E-state index contributed by atoms with van der Waals surface area (Å²) in [4.78, 5) is 22.4. The van der Waals surface area contributed by atoms with Gasteiger partial charge in [0.1, 0.15) is 0 Å². The summed E-state index contributed by atoms with van der Waals surface area (Å²) in [5.74, 6) is 0. The van der Waals surface area contributed by atoms with Gasteiger partial charge in [0.2, 0.25) is 0 Å². The Hall–Kier alpha value is -1.34. The molecule has 22 heavy (non-hydrogen) atoms. The summed E-state index contributed by atoms with van der Waals surface area (Å²) in [5.41, 5.74) is 0. The maximum Gasteiger partial charge on any atom is 0.418 e. The first-order valence-corrected chi connectivity index (χ1v) is 7.96. The molecule has 1 N–H and O–H groups in total. The highest BCUT2D eigenvalue weighted by molar-refractivity contribution is 5.87. The number of carbonyl (C=O) groups is 2. The molecule has 0 aliphatic heterocycles. The number of hydrogen-bond donors (Lipinski definition) is 1. The quantitative estimate of drug-likeness (QED) is 0.413. The van der Waals surface area contributed by atoms with Crippen LogP contribution in [0.4, 0.5) is 9.59 Å². The zero-order valence-electron chi connectivity index (χ0n) is 13.7. The number of carbonyl (C=O) groups excluding carboxylic acids is 2. The summed E-state index contributed by atoms with van der Waals surface area (Å²) in [6.07, 6.45) is 5.62. The third kappa shape index (κ3) is 15.1. The first kappa shape index (κ1) is 20.7. The van der Waals surface area contributed by atoms with Crippen LogP contribution in [0.3, 0.4) is 0 Å². The predicted molar refractivity (Wildman–Crippen MR) is 81.4 cm³/mol. The fourth-order valence-corrected chi connectivity index (χ4v) is 1.55. The van der Waals surface area contributed by atoms with E-state index in [0.717, 1.165) is 44.9 Å². The van der Waals surface area contributed by atoms with Crippen molar-refractivity contribution in [1.82, 2.24) is 5.32 Å². The molecule has 0 aliphatic carbocycles. The molecule has 0 unspecified atom stereocenters. The van der Waals surface area contributed by atoms with Crippen LogP contribution in [0.2, 0.25) is 0 Å². The average molecular weight is 319 g/mol. The van der Waals surface area contributed by atoms with Gasteiger partial charge in [-0.1, -0.05) is 46.0 Å². The van der Waals surface area contributed by atoms with Gasteiger partial charge in [-0.3, -0.25) is 0 Å². The number of amides is 2. The van der Waals surface area contributed by atoms with Gasteiger partial charge in [0, 0.05) is 0 Å². The highest BCUT2D eigenvalue weighted by Crippen LogP contribution is 1.98. The Morgan fingerprint density at radius 3 is 1.68 bits per heavy atom. The van der Waals surface area contributed by atoms with Gasteiger partial charge in [-0.2, -0.15) is 0 Å². The monoisotopic (exact) mass is 319 g/mol. The summed E-state index contributed by atoms with van der Waals surface area (Å²) >= 11 is 0. The van der Waals surface area contributed by atoms with E-state index in [1.807, 2.05) is 5.32 Å². The molecule has 0 aromatic carbocycles. The molecule has 0 aromatic rings. The fourth-order valence-electron chi connectivity index (χ4n) is 1.55. The lowest BCUT2D eigenvalue weighted by atomic mass is 10.2. The summed E-state index contributed by atoms with van der Waals surface area (Å²) in [5, 5.41) is 1.91. The van der Waals surface area contributed by atoms with E-state index in [1.54, 1.807) is 0 Å². The molecule has 0 heterocycles. The minimum atomic E-state index is -0.900. The van der Waals surface area contributed by atoms with Gasteiger partial charge in [-0.25, -0.2) is 14.9 Å². The molecule has 0 bridgehead atoms. The Balaban J connectivity index is 3.37. The third-order valence-corrected chi connectivity index (χ3v) is 2.79. The standard InChI is InChI=1S/C15H29NO6/c1-3-5-7-9-11-20-13-22-15(18)16-14(17)21-12-19-10-8-6-4-2/h3-13H2,1-2H3,(H,16,17,18). The van der Waals surface area contributed by atoms with Crippen LogP contribution in [0.1, 0.15) is 58.8 Å². The third-order valence-electron chi connectivity index (χ3n) is 2.79. The lowest BCUT2D eigenvalue weighted by Crippen LogP contribution is -2.32. The van der Waals surface area contributed by atoms with Crippen molar-refractivity contribution in [3.63, 3.8) is 0 Å². The van der Waals surface area contributed by atoms with Gasteiger partial charge < -0.3 is 18.9 Å². The molecule has 130 valence electrons. The second kappa shape index (κ2) is 16.0. The highest BCUT2D eigenvalue weighted by Gasteiger charge is 2.09. The van der Waals surface area contributed by atoms with E-state index in [9.17, 15) is 9.59 Å². The van der Waals surface area contributed by atoms with Gasteiger partial charge in [0.15, 0.2) is 13.6 Å². The van der Waals surface area contributed by atoms with Crippen LogP contribution < -0.4 is 5.32 Å². The van der Waals surface area contributed by atoms with Crippen LogP contribution in [0, 0.1) is 0 Å². The van der Waals surface area contributed by atoms with E-state index in [4.69, 9.17) is 9.47 Å². The lowest BCUT2D eigenvalue weighted by Gasteiger charge is -2.08. The first-order chi connectivity index (χ1) is 10.7. The van der Waals surface area contributed by atoms with Crippen molar-refractivity contribution in [3.05, 3.63) is 0 Å². The molecule has 0 aliphatic rings. The minimum Gasteiger partial charge on any atom is -0.422 e. The number of imide groups is 1. The highest BCUT2D eigenvalue weighted by atomic mass is 16.7. The molecule has 7 heteroatoms. The van der Waals surface area contributed by atoms with Crippen LogP contribution in [0.15, 0.2) is 0 Å². The topological polar surface area (TPSA) is 83.1 Å². The fraction of sp³-hybridized carbons (Fsp3) is 0.867. The van der Waals surface area contributed by atoms with Crippen molar-refractivity contribution in [1.29, 1.82) is 0 Å². The molecule has 0 aromatic heterocycles. The zero-order chi connectivity index (χ0) is 16.5. The lowest BCUT2D eigenvalue weighted by molar-refractivity contribution is -0.0252. The number of rotatable bonds is 13. The van der Waals surface area contributed by atoms with Crippen LogP contribution in [0.25, 0.3) is 0 Å². The first-order valence-electron chi connectivity index (χ1n) is 7.96.